The molecule has 0 atom stereocenters. The van der Waals surface area contributed by atoms with Gasteiger partial charge >= 0.3 is 0 Å². The molecule has 5 rings (SSSR count). The minimum atomic E-state index is 0.0513. The molecule has 6 nitrogen and oxygen atoms in total. The van der Waals surface area contributed by atoms with Crippen molar-refractivity contribution in [3.63, 3.8) is 0 Å². The number of rotatable bonds is 7. The Hall–Kier alpha value is -3.72. The zero-order valence-electron chi connectivity index (χ0n) is 20.0. The minimum absolute atomic E-state index is 0.0513. The molecule has 1 aliphatic rings. The van der Waals surface area contributed by atoms with Crippen molar-refractivity contribution in [3.05, 3.63) is 87.1 Å². The van der Waals surface area contributed by atoms with Crippen LogP contribution in [0, 0.1) is 23.7 Å². The zero-order valence-corrected chi connectivity index (χ0v) is 20.0. The Kier molecular flexibility index (Phi) is 5.57. The van der Waals surface area contributed by atoms with E-state index in [0.29, 0.717) is 30.1 Å². The maximum absolute atomic E-state index is 13.8. The van der Waals surface area contributed by atoms with Gasteiger partial charge in [0.15, 0.2) is 0 Å². The van der Waals surface area contributed by atoms with Gasteiger partial charge in [-0.1, -0.05) is 62.7 Å². The number of fused-ring (bicyclic) bond motifs is 1. The van der Waals surface area contributed by atoms with E-state index in [2.05, 4.69) is 42.1 Å². The van der Waals surface area contributed by atoms with Crippen LogP contribution in [0.1, 0.15) is 61.3 Å². The molecule has 34 heavy (non-hydrogen) atoms. The Labute approximate surface area is 199 Å². The third kappa shape index (κ3) is 4.03. The minimum Gasteiger partial charge on any atom is -0.276 e. The lowest BCUT2D eigenvalue weighted by Crippen LogP contribution is -2.31. The van der Waals surface area contributed by atoms with Gasteiger partial charge in [-0.15, -0.1) is 0 Å². The first-order chi connectivity index (χ1) is 16.4. The molecule has 0 bridgehead atoms. The fourth-order valence-electron chi connectivity index (χ4n) is 4.67. The van der Waals surface area contributed by atoms with Crippen molar-refractivity contribution in [2.75, 3.05) is 0 Å². The molecule has 0 spiro atoms. The Bertz CT molecular complexity index is 1470. The number of aryl methyl sites for hydroxylation is 2. The summed E-state index contributed by atoms with van der Waals surface area (Å²) < 4.78 is 3.75. The van der Waals surface area contributed by atoms with E-state index >= 15 is 0 Å². The Morgan fingerprint density at radius 3 is 2.53 bits per heavy atom. The molecule has 2 aromatic heterocycles. The van der Waals surface area contributed by atoms with Crippen LogP contribution in [0.2, 0.25) is 0 Å². The molecule has 2 aromatic carbocycles. The zero-order chi connectivity index (χ0) is 23.9. The summed E-state index contributed by atoms with van der Waals surface area (Å²) in [6.07, 6.45) is 4.51. The number of nitrogens with zero attached hydrogens (tertiary/aromatic N) is 5. The largest absolute Gasteiger partial charge is 0.276 e. The summed E-state index contributed by atoms with van der Waals surface area (Å²) in [5.41, 5.74) is 5.61. The quantitative estimate of drug-likeness (QED) is 0.393. The lowest BCUT2D eigenvalue weighted by molar-refractivity contribution is 0.454. The number of hydrogen-bond donors (Lipinski definition) is 0. The molecular weight excluding hydrogens is 422 g/mol. The second-order valence-electron chi connectivity index (χ2n) is 9.78. The van der Waals surface area contributed by atoms with Crippen LogP contribution in [0.5, 0.6) is 0 Å². The first-order valence-electron chi connectivity index (χ1n) is 12.0. The average molecular weight is 452 g/mol. The smallest absolute Gasteiger partial charge is 0.258 e. The van der Waals surface area contributed by atoms with Crippen LogP contribution in [0.4, 0.5) is 0 Å². The van der Waals surface area contributed by atoms with Crippen LogP contribution in [0.3, 0.4) is 0 Å². The first-order valence-corrected chi connectivity index (χ1v) is 12.0. The van der Waals surface area contributed by atoms with E-state index in [1.54, 1.807) is 0 Å². The van der Waals surface area contributed by atoms with Crippen LogP contribution in [-0.2, 0) is 19.4 Å². The summed E-state index contributed by atoms with van der Waals surface area (Å²) in [6.45, 7) is 6.92. The molecule has 0 amide bonds. The fourth-order valence-corrected chi connectivity index (χ4v) is 4.67. The Morgan fingerprint density at radius 2 is 1.85 bits per heavy atom. The lowest BCUT2D eigenvalue weighted by Gasteiger charge is -2.17. The lowest BCUT2D eigenvalue weighted by atomic mass is 9.97. The van der Waals surface area contributed by atoms with Crippen LogP contribution in [-0.4, -0.2) is 19.2 Å². The summed E-state index contributed by atoms with van der Waals surface area (Å²) >= 11 is 0. The van der Waals surface area contributed by atoms with E-state index in [1.165, 1.54) is 0 Å². The summed E-state index contributed by atoms with van der Waals surface area (Å²) in [4.78, 5) is 18.4. The van der Waals surface area contributed by atoms with Gasteiger partial charge in [0.05, 0.1) is 17.3 Å². The van der Waals surface area contributed by atoms with Crippen LogP contribution in [0.25, 0.3) is 16.9 Å². The maximum atomic E-state index is 13.8. The van der Waals surface area contributed by atoms with E-state index in [0.717, 1.165) is 53.6 Å². The van der Waals surface area contributed by atoms with Gasteiger partial charge in [0.25, 0.3) is 5.56 Å². The average Bonchev–Trinajstić information content (AvgIpc) is 3.45. The maximum Gasteiger partial charge on any atom is 0.258 e. The number of nitriles is 1. The highest BCUT2D eigenvalue weighted by molar-refractivity contribution is 5.70. The van der Waals surface area contributed by atoms with Gasteiger partial charge < -0.3 is 0 Å². The van der Waals surface area contributed by atoms with Crippen molar-refractivity contribution in [2.24, 2.45) is 5.41 Å². The highest BCUT2D eigenvalue weighted by atomic mass is 16.1. The number of aromatic nitrogens is 4. The third-order valence-electron chi connectivity index (χ3n) is 6.87. The molecule has 0 unspecified atom stereocenters. The molecule has 0 saturated heterocycles. The summed E-state index contributed by atoms with van der Waals surface area (Å²) in [6, 6.07) is 18.1. The first kappa shape index (κ1) is 22.1. The van der Waals surface area contributed by atoms with Gasteiger partial charge in [0.1, 0.15) is 5.82 Å². The summed E-state index contributed by atoms with van der Waals surface area (Å²) in [7, 11) is 0. The molecule has 172 valence electrons. The molecular formula is C28H29N5O. The molecule has 6 heteroatoms. The monoisotopic (exact) mass is 451 g/mol. The van der Waals surface area contributed by atoms with Gasteiger partial charge in [0, 0.05) is 18.5 Å². The predicted molar refractivity (Wildman–Crippen MR) is 133 cm³/mol. The second kappa shape index (κ2) is 8.57. The predicted octanol–water partition coefficient (Wildman–Crippen LogP) is 5.08. The van der Waals surface area contributed by atoms with Gasteiger partial charge in [-0.05, 0) is 54.4 Å². The molecule has 0 radical (unpaired) electrons. The van der Waals surface area contributed by atoms with Crippen molar-refractivity contribution in [1.29, 1.82) is 5.26 Å². The molecule has 0 aliphatic heterocycles. The van der Waals surface area contributed by atoms with Crippen molar-refractivity contribution >= 4 is 5.78 Å². The summed E-state index contributed by atoms with van der Waals surface area (Å²) in [5, 5.41) is 14.1. The number of benzene rings is 2. The van der Waals surface area contributed by atoms with E-state index in [4.69, 9.17) is 0 Å². The van der Waals surface area contributed by atoms with Crippen LogP contribution >= 0.6 is 0 Å². The normalized spacial score (nSPS) is 14.3. The van der Waals surface area contributed by atoms with Crippen LogP contribution < -0.4 is 5.56 Å². The van der Waals surface area contributed by atoms with Crippen molar-refractivity contribution in [1.82, 2.24) is 19.2 Å². The molecule has 2 heterocycles. The van der Waals surface area contributed by atoms with Crippen LogP contribution in [0.15, 0.2) is 53.3 Å². The van der Waals surface area contributed by atoms with Gasteiger partial charge in [-0.3, -0.25) is 9.36 Å². The molecule has 1 saturated carbocycles. The topological polar surface area (TPSA) is 76.0 Å². The van der Waals surface area contributed by atoms with E-state index in [-0.39, 0.29) is 11.0 Å². The van der Waals surface area contributed by atoms with Crippen molar-refractivity contribution in [2.45, 2.75) is 59.4 Å². The van der Waals surface area contributed by atoms with Crippen molar-refractivity contribution < 1.29 is 0 Å². The van der Waals surface area contributed by atoms with E-state index in [1.807, 2.05) is 52.4 Å². The Morgan fingerprint density at radius 1 is 1.12 bits per heavy atom. The second-order valence-corrected chi connectivity index (χ2v) is 9.78. The van der Waals surface area contributed by atoms with Gasteiger partial charge in [0.2, 0.25) is 5.78 Å². The highest BCUT2D eigenvalue weighted by Gasteiger charge is 2.39. The third-order valence-corrected chi connectivity index (χ3v) is 6.87. The van der Waals surface area contributed by atoms with Crippen molar-refractivity contribution in [3.8, 4) is 17.2 Å². The highest BCUT2D eigenvalue weighted by Crippen LogP contribution is 2.46. The standard InChI is InChI=1S/C28H29N5O/c1-4-7-25-24(16-20-10-12-21(13-11-20)23-9-6-5-8-22(23)17-29)26(34)32(18-28(3)14-15-28)27-30-19(2)31-33(25)27/h5-6,8-13H,4,7,14-16,18H2,1-3H3. The number of hydrogen-bond acceptors (Lipinski definition) is 4. The van der Waals surface area contributed by atoms with Gasteiger partial charge in [-0.2, -0.15) is 15.3 Å². The molecule has 1 aliphatic carbocycles. The fraction of sp³-hybridized carbons (Fsp3) is 0.357. The van der Waals surface area contributed by atoms with E-state index < -0.39 is 0 Å². The molecule has 0 N–H and O–H groups in total. The SMILES string of the molecule is CCCc1c(Cc2ccc(-c3ccccc3C#N)cc2)c(=O)n(CC2(C)CC2)c2nc(C)nn12. The van der Waals surface area contributed by atoms with E-state index in [9.17, 15) is 10.1 Å². The summed E-state index contributed by atoms with van der Waals surface area (Å²) in [5.74, 6) is 1.34. The van der Waals surface area contributed by atoms with Gasteiger partial charge in [-0.25, -0.2) is 4.52 Å². The Balaban J connectivity index is 1.58. The molecule has 1 fully saturated rings. The molecule has 4 aromatic rings.